The number of nitro groups is 1. The SMILES string of the molecule is O=C(O)OCCCC1CCCO1.O=C(c1ccccc1)c1ccc([N+](=O)[O-])cc1. The molecule has 29 heavy (non-hydrogen) atoms. The molecule has 0 saturated carbocycles. The second-order valence-electron chi connectivity index (χ2n) is 6.39. The van der Waals surface area contributed by atoms with Gasteiger partial charge in [-0.3, -0.25) is 14.9 Å². The topological polar surface area (TPSA) is 116 Å². The molecule has 1 aliphatic rings. The summed E-state index contributed by atoms with van der Waals surface area (Å²) in [6.45, 7) is 1.14. The molecule has 1 fully saturated rings. The van der Waals surface area contributed by atoms with Crippen LogP contribution < -0.4 is 0 Å². The first-order valence-corrected chi connectivity index (χ1v) is 9.29. The smallest absolute Gasteiger partial charge is 0.450 e. The van der Waals surface area contributed by atoms with Crippen molar-refractivity contribution in [3.05, 3.63) is 75.8 Å². The number of nitro benzene ring substituents is 1. The van der Waals surface area contributed by atoms with Crippen LogP contribution in [0.15, 0.2) is 54.6 Å². The Balaban J connectivity index is 0.000000221. The van der Waals surface area contributed by atoms with E-state index in [4.69, 9.17) is 9.84 Å². The number of ether oxygens (including phenoxy) is 2. The summed E-state index contributed by atoms with van der Waals surface area (Å²) in [5, 5.41) is 18.6. The van der Waals surface area contributed by atoms with Crippen molar-refractivity contribution in [3.8, 4) is 0 Å². The molecule has 1 unspecified atom stereocenters. The number of rotatable bonds is 7. The van der Waals surface area contributed by atoms with Crippen LogP contribution in [-0.4, -0.2) is 41.3 Å². The summed E-state index contributed by atoms with van der Waals surface area (Å²) < 4.78 is 9.72. The molecular weight excluding hydrogens is 378 g/mol. The molecule has 1 saturated heterocycles. The van der Waals surface area contributed by atoms with Crippen molar-refractivity contribution in [2.75, 3.05) is 13.2 Å². The van der Waals surface area contributed by atoms with Crippen LogP contribution in [-0.2, 0) is 9.47 Å². The maximum atomic E-state index is 12.0. The molecule has 0 aromatic heterocycles. The number of carboxylic acid groups (broad SMARTS) is 1. The average Bonchev–Trinajstić information content (AvgIpc) is 3.25. The number of nitrogens with zero attached hydrogens (tertiary/aromatic N) is 1. The minimum Gasteiger partial charge on any atom is -0.450 e. The average molecular weight is 401 g/mol. The predicted molar refractivity (Wildman–Crippen MR) is 105 cm³/mol. The molecule has 2 aromatic rings. The monoisotopic (exact) mass is 401 g/mol. The van der Waals surface area contributed by atoms with Gasteiger partial charge in [0.2, 0.25) is 0 Å². The third-order valence-corrected chi connectivity index (χ3v) is 4.30. The van der Waals surface area contributed by atoms with Crippen molar-refractivity contribution in [2.45, 2.75) is 31.8 Å². The van der Waals surface area contributed by atoms with Crippen molar-refractivity contribution in [1.82, 2.24) is 0 Å². The van der Waals surface area contributed by atoms with Crippen LogP contribution in [0.2, 0.25) is 0 Å². The van der Waals surface area contributed by atoms with Gasteiger partial charge in [0, 0.05) is 29.9 Å². The molecule has 0 spiro atoms. The molecule has 1 N–H and O–H groups in total. The van der Waals surface area contributed by atoms with E-state index < -0.39 is 11.1 Å². The second-order valence-corrected chi connectivity index (χ2v) is 6.39. The lowest BCUT2D eigenvalue weighted by Gasteiger charge is -2.07. The zero-order valence-electron chi connectivity index (χ0n) is 15.9. The van der Waals surface area contributed by atoms with Gasteiger partial charge >= 0.3 is 6.16 Å². The molecule has 1 heterocycles. The molecule has 8 nitrogen and oxygen atoms in total. The van der Waals surface area contributed by atoms with Gasteiger partial charge in [-0.15, -0.1) is 0 Å². The second kappa shape index (κ2) is 11.6. The molecular formula is C21H23NO7. The minimum absolute atomic E-state index is 0.0189. The maximum Gasteiger partial charge on any atom is 0.505 e. The Morgan fingerprint density at radius 2 is 1.76 bits per heavy atom. The first-order chi connectivity index (χ1) is 14.0. The van der Waals surface area contributed by atoms with E-state index in [-0.39, 0.29) is 18.1 Å². The van der Waals surface area contributed by atoms with Crippen molar-refractivity contribution >= 4 is 17.6 Å². The molecule has 1 atom stereocenters. The summed E-state index contributed by atoms with van der Waals surface area (Å²) in [5.41, 5.74) is 0.998. The fourth-order valence-electron chi connectivity index (χ4n) is 2.83. The number of hydrogen-bond donors (Lipinski definition) is 1. The molecule has 0 radical (unpaired) electrons. The Morgan fingerprint density at radius 3 is 2.31 bits per heavy atom. The molecule has 154 valence electrons. The number of carbonyl (C=O) groups is 2. The Labute approximate surface area is 168 Å². The van der Waals surface area contributed by atoms with E-state index in [0.717, 1.165) is 32.3 Å². The third-order valence-electron chi connectivity index (χ3n) is 4.30. The number of benzene rings is 2. The number of hydrogen-bond acceptors (Lipinski definition) is 6. The van der Waals surface area contributed by atoms with Crippen molar-refractivity contribution < 1.29 is 29.1 Å². The fraction of sp³-hybridized carbons (Fsp3) is 0.333. The summed E-state index contributed by atoms with van der Waals surface area (Å²) in [6, 6.07) is 14.4. The molecule has 0 bridgehead atoms. The van der Waals surface area contributed by atoms with E-state index in [0.29, 0.717) is 17.2 Å². The van der Waals surface area contributed by atoms with Crippen LogP contribution in [0.1, 0.15) is 41.6 Å². The number of non-ortho nitro benzene ring substituents is 1. The van der Waals surface area contributed by atoms with E-state index in [1.807, 2.05) is 6.07 Å². The van der Waals surface area contributed by atoms with Gasteiger partial charge in [0.05, 0.1) is 17.6 Å². The van der Waals surface area contributed by atoms with E-state index in [2.05, 4.69) is 4.74 Å². The summed E-state index contributed by atoms with van der Waals surface area (Å²) in [5.74, 6) is -0.138. The number of ketones is 1. The van der Waals surface area contributed by atoms with Gasteiger partial charge in [-0.25, -0.2) is 4.79 Å². The van der Waals surface area contributed by atoms with Gasteiger partial charge in [-0.2, -0.15) is 0 Å². The van der Waals surface area contributed by atoms with E-state index >= 15 is 0 Å². The standard InChI is InChI=1S/C13H9NO3.C8H14O4/c15-13(10-4-2-1-3-5-10)11-6-8-12(9-7-11)14(16)17;9-8(10)12-6-2-4-7-3-1-5-11-7/h1-9H;7H,1-6H2,(H,9,10). The van der Waals surface area contributed by atoms with Gasteiger partial charge in [0.15, 0.2) is 5.78 Å². The van der Waals surface area contributed by atoms with Crippen LogP contribution in [0.4, 0.5) is 10.5 Å². The van der Waals surface area contributed by atoms with Crippen LogP contribution in [0, 0.1) is 10.1 Å². The molecule has 2 aromatic carbocycles. The van der Waals surface area contributed by atoms with Gasteiger partial charge in [-0.05, 0) is 37.8 Å². The Bertz CT molecular complexity index is 800. The first-order valence-electron chi connectivity index (χ1n) is 9.29. The molecule has 0 amide bonds. The summed E-state index contributed by atoms with van der Waals surface area (Å²) >= 11 is 0. The molecule has 0 aliphatic carbocycles. The largest absolute Gasteiger partial charge is 0.505 e. The zero-order valence-corrected chi connectivity index (χ0v) is 15.9. The van der Waals surface area contributed by atoms with Crippen LogP contribution in [0.25, 0.3) is 0 Å². The van der Waals surface area contributed by atoms with Gasteiger partial charge in [0.25, 0.3) is 5.69 Å². The Morgan fingerprint density at radius 1 is 1.10 bits per heavy atom. The highest BCUT2D eigenvalue weighted by Gasteiger charge is 2.14. The van der Waals surface area contributed by atoms with E-state index in [9.17, 15) is 19.7 Å². The van der Waals surface area contributed by atoms with Crippen LogP contribution in [0.3, 0.4) is 0 Å². The number of carbonyl (C=O) groups excluding carboxylic acids is 1. The first kappa shape index (κ1) is 22.0. The van der Waals surface area contributed by atoms with Crippen molar-refractivity contribution in [2.24, 2.45) is 0 Å². The van der Waals surface area contributed by atoms with E-state index in [1.165, 1.54) is 24.3 Å². The van der Waals surface area contributed by atoms with Gasteiger partial charge in [0.1, 0.15) is 0 Å². The lowest BCUT2D eigenvalue weighted by molar-refractivity contribution is -0.384. The van der Waals surface area contributed by atoms with Crippen molar-refractivity contribution in [3.63, 3.8) is 0 Å². The summed E-state index contributed by atoms with van der Waals surface area (Å²) in [4.78, 5) is 31.9. The van der Waals surface area contributed by atoms with Crippen LogP contribution in [0.5, 0.6) is 0 Å². The highest BCUT2D eigenvalue weighted by atomic mass is 16.7. The summed E-state index contributed by atoms with van der Waals surface area (Å²) in [6.07, 6.45) is 3.05. The molecule has 3 rings (SSSR count). The molecule has 8 heteroatoms. The van der Waals surface area contributed by atoms with E-state index in [1.54, 1.807) is 24.3 Å². The van der Waals surface area contributed by atoms with Gasteiger partial charge in [-0.1, -0.05) is 30.3 Å². The quantitative estimate of drug-likeness (QED) is 0.239. The lowest BCUT2D eigenvalue weighted by atomic mass is 10.0. The predicted octanol–water partition coefficient (Wildman–Crippen LogP) is 4.47. The van der Waals surface area contributed by atoms with Gasteiger partial charge < -0.3 is 14.6 Å². The maximum absolute atomic E-state index is 12.0. The van der Waals surface area contributed by atoms with Crippen molar-refractivity contribution in [1.29, 1.82) is 0 Å². The lowest BCUT2D eigenvalue weighted by Crippen LogP contribution is -2.08. The Kier molecular flexibility index (Phi) is 8.78. The van der Waals surface area contributed by atoms with Crippen LogP contribution >= 0.6 is 0 Å². The molecule has 1 aliphatic heterocycles. The highest BCUT2D eigenvalue weighted by molar-refractivity contribution is 6.09. The fourth-order valence-corrected chi connectivity index (χ4v) is 2.83. The third kappa shape index (κ3) is 7.71. The summed E-state index contributed by atoms with van der Waals surface area (Å²) in [7, 11) is 0. The highest BCUT2D eigenvalue weighted by Crippen LogP contribution is 2.17. The normalized spacial score (nSPS) is 15.1. The Hall–Kier alpha value is -3.26. The zero-order chi connectivity index (χ0) is 21.1. The minimum atomic E-state index is -1.19.